The molecule has 1 aliphatic carbocycles. The second-order valence-electron chi connectivity index (χ2n) is 9.28. The van der Waals surface area contributed by atoms with Crippen LogP contribution in [0.15, 0.2) is 132 Å². The molecule has 3 nitrogen and oxygen atoms in total. The normalized spacial score (nSPS) is 17.1. The fraction of sp³-hybridized carbons (Fsp3) is 0.0909. The number of para-hydroxylation sites is 1. The Morgan fingerprint density at radius 2 is 1.50 bits per heavy atom. The zero-order chi connectivity index (χ0) is 24.8. The van der Waals surface area contributed by atoms with E-state index in [4.69, 9.17) is 5.41 Å². The van der Waals surface area contributed by atoms with Crippen LogP contribution in [0.5, 0.6) is 0 Å². The van der Waals surface area contributed by atoms with Crippen molar-refractivity contribution in [1.82, 2.24) is 0 Å². The Morgan fingerprint density at radius 1 is 0.833 bits per heavy atom. The molecular weight excluding hydrogens is 438 g/mol. The van der Waals surface area contributed by atoms with Gasteiger partial charge >= 0.3 is 0 Å². The first-order valence-corrected chi connectivity index (χ1v) is 12.2. The number of aliphatic imine (C=N–C) groups is 1. The third-order valence-electron chi connectivity index (χ3n) is 6.61. The van der Waals surface area contributed by atoms with Crippen LogP contribution in [0, 0.1) is 5.41 Å². The van der Waals surface area contributed by atoms with E-state index in [1.807, 2.05) is 54.6 Å². The summed E-state index contributed by atoms with van der Waals surface area (Å²) < 4.78 is 0. The highest BCUT2D eigenvalue weighted by Crippen LogP contribution is 2.41. The Hall–Kier alpha value is -4.50. The number of nitrogens with one attached hydrogen (secondary N) is 2. The van der Waals surface area contributed by atoms with Gasteiger partial charge in [0.25, 0.3) is 0 Å². The molecule has 4 aromatic rings. The lowest BCUT2D eigenvalue weighted by Crippen LogP contribution is -2.21. The second kappa shape index (κ2) is 10.4. The zero-order valence-electron chi connectivity index (χ0n) is 20.4. The van der Waals surface area contributed by atoms with Gasteiger partial charge in [-0.15, -0.1) is 0 Å². The molecule has 0 aromatic heterocycles. The van der Waals surface area contributed by atoms with E-state index >= 15 is 0 Å². The summed E-state index contributed by atoms with van der Waals surface area (Å²) >= 11 is 0. The zero-order valence-corrected chi connectivity index (χ0v) is 20.4. The standard InChI is InChI=1S/C33H29N3/c1-33(28-14-6-3-7-15-28)22-10-13-27(23-33)30-16-8-9-17-31(30)36-29-20-18-25(19-21-29)24-35-32(34)26-11-4-2-5-12-26/h2-22,24,34,36H,23H2,1H3/b34-32?,35-24+. The first-order chi connectivity index (χ1) is 17.6. The maximum Gasteiger partial charge on any atom is 0.151 e. The average molecular weight is 468 g/mol. The van der Waals surface area contributed by atoms with Gasteiger partial charge in [0.05, 0.1) is 0 Å². The van der Waals surface area contributed by atoms with Crippen molar-refractivity contribution in [3.8, 4) is 0 Å². The van der Waals surface area contributed by atoms with Crippen molar-refractivity contribution in [2.75, 3.05) is 5.32 Å². The van der Waals surface area contributed by atoms with Crippen LogP contribution < -0.4 is 5.32 Å². The van der Waals surface area contributed by atoms with Crippen molar-refractivity contribution in [1.29, 1.82) is 5.41 Å². The summed E-state index contributed by atoms with van der Waals surface area (Å²) in [5, 5.41) is 11.8. The summed E-state index contributed by atoms with van der Waals surface area (Å²) in [5.74, 6) is 0.254. The lowest BCUT2D eigenvalue weighted by atomic mass is 9.73. The van der Waals surface area contributed by atoms with E-state index in [2.05, 4.69) is 90.1 Å². The van der Waals surface area contributed by atoms with Crippen LogP contribution in [0.25, 0.3) is 5.57 Å². The maximum absolute atomic E-state index is 8.15. The van der Waals surface area contributed by atoms with E-state index in [0.29, 0.717) is 0 Å². The predicted molar refractivity (Wildman–Crippen MR) is 153 cm³/mol. The lowest BCUT2D eigenvalue weighted by Gasteiger charge is -2.31. The van der Waals surface area contributed by atoms with Crippen molar-refractivity contribution < 1.29 is 0 Å². The molecule has 1 aliphatic rings. The van der Waals surface area contributed by atoms with Crippen molar-refractivity contribution in [3.63, 3.8) is 0 Å². The Bertz CT molecular complexity index is 1430. The first kappa shape index (κ1) is 23.3. The van der Waals surface area contributed by atoms with Crippen LogP contribution in [-0.4, -0.2) is 12.1 Å². The molecule has 0 heterocycles. The molecule has 2 N–H and O–H groups in total. The molecule has 0 fully saturated rings. The monoisotopic (exact) mass is 467 g/mol. The molecule has 0 spiro atoms. The van der Waals surface area contributed by atoms with Crippen LogP contribution in [0.4, 0.5) is 11.4 Å². The Morgan fingerprint density at radius 3 is 2.25 bits per heavy atom. The van der Waals surface area contributed by atoms with Gasteiger partial charge in [-0.05, 0) is 41.3 Å². The van der Waals surface area contributed by atoms with Crippen LogP contribution >= 0.6 is 0 Å². The minimum atomic E-state index is -0.0348. The third-order valence-corrected chi connectivity index (χ3v) is 6.61. The molecule has 0 amide bonds. The molecule has 36 heavy (non-hydrogen) atoms. The average Bonchev–Trinajstić information content (AvgIpc) is 2.94. The molecule has 176 valence electrons. The molecule has 5 rings (SSSR count). The summed E-state index contributed by atoms with van der Waals surface area (Å²) in [6.45, 7) is 2.31. The molecular formula is C33H29N3. The molecule has 0 bridgehead atoms. The van der Waals surface area contributed by atoms with Crippen molar-refractivity contribution in [2.24, 2.45) is 4.99 Å². The second-order valence-corrected chi connectivity index (χ2v) is 9.28. The van der Waals surface area contributed by atoms with Crippen LogP contribution in [0.1, 0.15) is 35.6 Å². The molecule has 0 aliphatic heterocycles. The molecule has 1 unspecified atom stereocenters. The van der Waals surface area contributed by atoms with Crippen LogP contribution in [-0.2, 0) is 5.41 Å². The Labute approximate surface area is 213 Å². The van der Waals surface area contributed by atoms with Gasteiger partial charge in [0, 0.05) is 34.1 Å². The number of hydrogen-bond donors (Lipinski definition) is 2. The lowest BCUT2D eigenvalue weighted by molar-refractivity contribution is 0.609. The Balaban J connectivity index is 1.31. The summed E-state index contributed by atoms with van der Waals surface area (Å²) in [6.07, 6.45) is 9.39. The van der Waals surface area contributed by atoms with E-state index in [-0.39, 0.29) is 11.3 Å². The molecule has 0 saturated carbocycles. The fourth-order valence-corrected chi connectivity index (χ4v) is 4.58. The minimum Gasteiger partial charge on any atom is -0.355 e. The van der Waals surface area contributed by atoms with Gasteiger partial charge in [0.1, 0.15) is 0 Å². The van der Waals surface area contributed by atoms with Gasteiger partial charge in [-0.2, -0.15) is 0 Å². The predicted octanol–water partition coefficient (Wildman–Crippen LogP) is 8.18. The number of nitrogens with zero attached hydrogens (tertiary/aromatic N) is 1. The number of amidine groups is 1. The SMILES string of the molecule is CC1(c2ccccc2)C=CC=C(c2ccccc2Nc2ccc(/C=N/C(=N)c3ccccc3)cc2)C1. The van der Waals surface area contributed by atoms with Gasteiger partial charge in [0.15, 0.2) is 5.84 Å². The highest BCUT2D eigenvalue weighted by atomic mass is 14.9. The summed E-state index contributed by atoms with van der Waals surface area (Å²) in [5.41, 5.74) is 7.67. The molecule has 4 aromatic carbocycles. The first-order valence-electron chi connectivity index (χ1n) is 12.2. The van der Waals surface area contributed by atoms with Gasteiger partial charge < -0.3 is 5.32 Å². The van der Waals surface area contributed by atoms with E-state index in [1.54, 1.807) is 6.21 Å². The Kier molecular flexibility index (Phi) is 6.72. The number of hydrogen-bond acceptors (Lipinski definition) is 2. The van der Waals surface area contributed by atoms with E-state index < -0.39 is 0 Å². The van der Waals surface area contributed by atoms with E-state index in [9.17, 15) is 0 Å². The summed E-state index contributed by atoms with van der Waals surface area (Å²) in [7, 11) is 0. The van der Waals surface area contributed by atoms with Crippen LogP contribution in [0.2, 0.25) is 0 Å². The van der Waals surface area contributed by atoms with Gasteiger partial charge in [0.2, 0.25) is 0 Å². The molecule has 0 radical (unpaired) electrons. The molecule has 1 atom stereocenters. The fourth-order valence-electron chi connectivity index (χ4n) is 4.58. The van der Waals surface area contributed by atoms with E-state index in [0.717, 1.165) is 28.9 Å². The minimum absolute atomic E-state index is 0.0348. The smallest absolute Gasteiger partial charge is 0.151 e. The largest absolute Gasteiger partial charge is 0.355 e. The van der Waals surface area contributed by atoms with Crippen LogP contribution in [0.3, 0.4) is 0 Å². The molecule has 0 saturated heterocycles. The van der Waals surface area contributed by atoms with Crippen molar-refractivity contribution in [3.05, 3.63) is 150 Å². The number of anilines is 2. The third kappa shape index (κ3) is 5.26. The van der Waals surface area contributed by atoms with Gasteiger partial charge in [-0.25, -0.2) is 4.99 Å². The van der Waals surface area contributed by atoms with E-state index in [1.165, 1.54) is 16.7 Å². The van der Waals surface area contributed by atoms with Gasteiger partial charge in [-0.3, -0.25) is 5.41 Å². The maximum atomic E-state index is 8.15. The molecule has 3 heteroatoms. The topological polar surface area (TPSA) is 48.2 Å². The highest BCUT2D eigenvalue weighted by molar-refractivity contribution is 6.03. The quantitative estimate of drug-likeness (QED) is 0.218. The van der Waals surface area contributed by atoms with Crippen molar-refractivity contribution >= 4 is 29.0 Å². The van der Waals surface area contributed by atoms with Gasteiger partial charge in [-0.1, -0.05) is 116 Å². The summed E-state index contributed by atoms with van der Waals surface area (Å²) in [4.78, 5) is 4.32. The number of allylic oxidation sites excluding steroid dienone is 4. The number of rotatable bonds is 6. The number of benzene rings is 4. The van der Waals surface area contributed by atoms with Crippen molar-refractivity contribution in [2.45, 2.75) is 18.8 Å². The highest BCUT2D eigenvalue weighted by Gasteiger charge is 2.27. The summed E-state index contributed by atoms with van der Waals surface area (Å²) in [6, 6.07) is 36.9.